The molecule has 0 aromatic carbocycles. The molecule has 2 aromatic heterocycles. The minimum Gasteiger partial charge on any atom is -0.264 e. The Balaban J connectivity index is 2.58. The van der Waals surface area contributed by atoms with Gasteiger partial charge in [0.05, 0.1) is 0 Å². The van der Waals surface area contributed by atoms with Crippen molar-refractivity contribution in [1.29, 1.82) is 0 Å². The van der Waals surface area contributed by atoms with Gasteiger partial charge in [0.1, 0.15) is 5.69 Å². The van der Waals surface area contributed by atoms with E-state index >= 15 is 0 Å². The number of halogens is 2. The van der Waals surface area contributed by atoms with Crippen molar-refractivity contribution in [1.82, 2.24) is 9.97 Å². The molecular formula is C10H6F2N2. The first-order valence-electron chi connectivity index (χ1n) is 3.99. The fraction of sp³-hybridized carbons (Fsp3) is 0. The fourth-order valence-corrected chi connectivity index (χ4v) is 1.12. The monoisotopic (exact) mass is 192 g/mol. The maximum Gasteiger partial charge on any atom is 0.185 e. The van der Waals surface area contributed by atoms with Crippen LogP contribution in [-0.4, -0.2) is 9.97 Å². The minimum atomic E-state index is -0.944. The van der Waals surface area contributed by atoms with Gasteiger partial charge >= 0.3 is 0 Å². The van der Waals surface area contributed by atoms with Crippen LogP contribution in [0, 0.1) is 11.6 Å². The van der Waals surface area contributed by atoms with Gasteiger partial charge in [-0.25, -0.2) is 8.78 Å². The van der Waals surface area contributed by atoms with Crippen LogP contribution < -0.4 is 0 Å². The Morgan fingerprint density at radius 3 is 2.64 bits per heavy atom. The van der Waals surface area contributed by atoms with E-state index in [9.17, 15) is 8.78 Å². The topological polar surface area (TPSA) is 25.8 Å². The highest BCUT2D eigenvalue weighted by molar-refractivity contribution is 5.58. The molecule has 2 heterocycles. The molecule has 0 N–H and O–H groups in total. The van der Waals surface area contributed by atoms with Gasteiger partial charge in [0, 0.05) is 24.2 Å². The molecule has 14 heavy (non-hydrogen) atoms. The molecule has 0 amide bonds. The van der Waals surface area contributed by atoms with Gasteiger partial charge < -0.3 is 0 Å². The molecule has 0 saturated carbocycles. The number of nitrogens with zero attached hydrogens (tertiary/aromatic N) is 2. The molecule has 0 atom stereocenters. The molecule has 0 aliphatic rings. The number of pyridine rings is 2. The summed E-state index contributed by atoms with van der Waals surface area (Å²) in [6.07, 6.45) is 4.21. The summed E-state index contributed by atoms with van der Waals surface area (Å²) < 4.78 is 26.1. The second-order valence-electron chi connectivity index (χ2n) is 2.70. The van der Waals surface area contributed by atoms with E-state index in [1.54, 1.807) is 18.3 Å². The third-order valence-corrected chi connectivity index (χ3v) is 1.78. The number of aromatic nitrogens is 2. The van der Waals surface area contributed by atoms with Crippen molar-refractivity contribution in [3.63, 3.8) is 0 Å². The summed E-state index contributed by atoms with van der Waals surface area (Å²) in [6.45, 7) is 0. The lowest BCUT2D eigenvalue weighted by molar-refractivity contribution is 0.507. The number of hydrogen-bond donors (Lipinski definition) is 0. The molecule has 4 heteroatoms. The predicted molar refractivity (Wildman–Crippen MR) is 47.4 cm³/mol. The van der Waals surface area contributed by atoms with E-state index in [4.69, 9.17) is 0 Å². The molecule has 0 radical (unpaired) electrons. The Labute approximate surface area is 79.3 Å². The Hall–Kier alpha value is -1.84. The lowest BCUT2D eigenvalue weighted by Gasteiger charge is -2.01. The number of hydrogen-bond acceptors (Lipinski definition) is 2. The molecular weight excluding hydrogens is 186 g/mol. The van der Waals surface area contributed by atoms with Crippen molar-refractivity contribution in [3.8, 4) is 11.3 Å². The lowest BCUT2D eigenvalue weighted by Crippen LogP contribution is -1.92. The van der Waals surface area contributed by atoms with Crippen molar-refractivity contribution >= 4 is 0 Å². The zero-order valence-electron chi connectivity index (χ0n) is 7.11. The average molecular weight is 192 g/mol. The lowest BCUT2D eigenvalue weighted by atomic mass is 10.2. The van der Waals surface area contributed by atoms with Gasteiger partial charge in [-0.05, 0) is 18.2 Å². The third kappa shape index (κ3) is 1.46. The van der Waals surface area contributed by atoms with Crippen molar-refractivity contribution < 1.29 is 8.78 Å². The largest absolute Gasteiger partial charge is 0.264 e. The van der Waals surface area contributed by atoms with E-state index in [1.807, 2.05) is 0 Å². The third-order valence-electron chi connectivity index (χ3n) is 1.78. The van der Waals surface area contributed by atoms with E-state index in [0.29, 0.717) is 5.56 Å². The van der Waals surface area contributed by atoms with Crippen LogP contribution in [0.2, 0.25) is 0 Å². The molecule has 0 aliphatic heterocycles. The second-order valence-corrected chi connectivity index (χ2v) is 2.70. The van der Waals surface area contributed by atoms with E-state index in [2.05, 4.69) is 9.97 Å². The van der Waals surface area contributed by atoms with Gasteiger partial charge in [0.15, 0.2) is 11.6 Å². The van der Waals surface area contributed by atoms with Crippen molar-refractivity contribution in [2.24, 2.45) is 0 Å². The summed E-state index contributed by atoms with van der Waals surface area (Å²) in [5.41, 5.74) is 0.447. The normalized spacial score (nSPS) is 10.1. The quantitative estimate of drug-likeness (QED) is 0.693. The van der Waals surface area contributed by atoms with Gasteiger partial charge in [0.2, 0.25) is 0 Å². The molecule has 0 spiro atoms. The van der Waals surface area contributed by atoms with Crippen molar-refractivity contribution in [2.75, 3.05) is 0 Å². The first kappa shape index (κ1) is 8.74. The molecule has 70 valence electrons. The summed E-state index contributed by atoms with van der Waals surface area (Å²) in [5.74, 6) is -1.85. The molecule has 2 aromatic rings. The molecule has 0 bridgehead atoms. The average Bonchev–Trinajstić information content (AvgIpc) is 2.23. The van der Waals surface area contributed by atoms with Gasteiger partial charge in [-0.15, -0.1) is 0 Å². The standard InChI is InChI=1S/C10H6F2N2/c11-8-3-5-14-10(9(8)12)7-2-1-4-13-6-7/h1-6H. The second kappa shape index (κ2) is 3.49. The predicted octanol–water partition coefficient (Wildman–Crippen LogP) is 2.42. The highest BCUT2D eigenvalue weighted by atomic mass is 19.2. The molecule has 0 fully saturated rings. The van der Waals surface area contributed by atoms with E-state index in [0.717, 1.165) is 6.07 Å². The van der Waals surface area contributed by atoms with E-state index in [1.165, 1.54) is 12.4 Å². The van der Waals surface area contributed by atoms with Crippen LogP contribution in [0.3, 0.4) is 0 Å². The maximum atomic E-state index is 13.2. The number of rotatable bonds is 1. The fourth-order valence-electron chi connectivity index (χ4n) is 1.12. The van der Waals surface area contributed by atoms with Crippen LogP contribution in [0.15, 0.2) is 36.8 Å². The molecule has 0 unspecified atom stereocenters. The van der Waals surface area contributed by atoms with Crippen molar-refractivity contribution in [2.45, 2.75) is 0 Å². The summed E-state index contributed by atoms with van der Waals surface area (Å²) >= 11 is 0. The minimum absolute atomic E-state index is 0.0156. The van der Waals surface area contributed by atoms with Crippen LogP contribution in [0.1, 0.15) is 0 Å². The van der Waals surface area contributed by atoms with Gasteiger partial charge in [-0.3, -0.25) is 9.97 Å². The smallest absolute Gasteiger partial charge is 0.185 e. The van der Waals surface area contributed by atoms with Crippen LogP contribution >= 0.6 is 0 Å². The summed E-state index contributed by atoms with van der Waals surface area (Å²) in [5, 5.41) is 0. The zero-order valence-corrected chi connectivity index (χ0v) is 7.11. The molecule has 0 saturated heterocycles. The summed E-state index contributed by atoms with van der Waals surface area (Å²) in [7, 11) is 0. The van der Waals surface area contributed by atoms with Gasteiger partial charge in [-0.2, -0.15) is 0 Å². The van der Waals surface area contributed by atoms with Crippen LogP contribution in [0.5, 0.6) is 0 Å². The van der Waals surface area contributed by atoms with Crippen LogP contribution in [0.4, 0.5) is 8.78 Å². The first-order chi connectivity index (χ1) is 6.79. The van der Waals surface area contributed by atoms with Crippen LogP contribution in [-0.2, 0) is 0 Å². The summed E-state index contributed by atoms with van der Waals surface area (Å²) in [4.78, 5) is 7.56. The SMILES string of the molecule is Fc1ccnc(-c2cccnc2)c1F. The highest BCUT2D eigenvalue weighted by Gasteiger charge is 2.10. The van der Waals surface area contributed by atoms with E-state index < -0.39 is 11.6 Å². The molecule has 0 aliphatic carbocycles. The highest BCUT2D eigenvalue weighted by Crippen LogP contribution is 2.20. The van der Waals surface area contributed by atoms with Crippen LogP contribution in [0.25, 0.3) is 11.3 Å². The van der Waals surface area contributed by atoms with Gasteiger partial charge in [-0.1, -0.05) is 0 Å². The Morgan fingerprint density at radius 2 is 1.93 bits per heavy atom. The summed E-state index contributed by atoms with van der Waals surface area (Å²) in [6, 6.07) is 4.24. The van der Waals surface area contributed by atoms with Crippen molar-refractivity contribution in [3.05, 3.63) is 48.4 Å². The molecule has 2 rings (SSSR count). The Kier molecular flexibility index (Phi) is 2.18. The van der Waals surface area contributed by atoms with E-state index in [-0.39, 0.29) is 5.69 Å². The zero-order chi connectivity index (χ0) is 9.97. The molecule has 2 nitrogen and oxygen atoms in total. The first-order valence-corrected chi connectivity index (χ1v) is 3.99. The maximum absolute atomic E-state index is 13.2. The Morgan fingerprint density at radius 1 is 1.07 bits per heavy atom. The van der Waals surface area contributed by atoms with Gasteiger partial charge in [0.25, 0.3) is 0 Å². The Bertz CT molecular complexity index is 443.